The summed E-state index contributed by atoms with van der Waals surface area (Å²) >= 11 is 0. The van der Waals surface area contributed by atoms with E-state index >= 15 is 0 Å². The third-order valence-corrected chi connectivity index (χ3v) is 5.13. The molecule has 2 aromatic rings. The van der Waals surface area contributed by atoms with Crippen molar-refractivity contribution in [1.82, 2.24) is 20.3 Å². The molecule has 0 aliphatic carbocycles. The molecule has 1 aromatic heterocycles. The molecule has 0 unspecified atom stereocenters. The van der Waals surface area contributed by atoms with Crippen molar-refractivity contribution in [2.24, 2.45) is 5.92 Å². The molecule has 3 amide bonds. The van der Waals surface area contributed by atoms with Gasteiger partial charge in [-0.2, -0.15) is 0 Å². The molecule has 0 spiro atoms. The topological polar surface area (TPSA) is 95.8 Å². The summed E-state index contributed by atoms with van der Waals surface area (Å²) in [6, 6.07) is 3.71. The summed E-state index contributed by atoms with van der Waals surface area (Å²) in [6.45, 7) is 6.25. The Morgan fingerprint density at radius 3 is 2.16 bits per heavy atom. The van der Waals surface area contributed by atoms with E-state index in [0.29, 0.717) is 5.69 Å². The van der Waals surface area contributed by atoms with Crippen LogP contribution in [0.5, 0.6) is 0 Å². The van der Waals surface area contributed by atoms with Crippen molar-refractivity contribution in [3.05, 3.63) is 52.9 Å². The molecule has 0 bridgehead atoms. The molecule has 3 rings (SSSR count). The highest BCUT2D eigenvalue weighted by Gasteiger charge is 2.33. The van der Waals surface area contributed by atoms with Crippen LogP contribution in [-0.2, 0) is 4.79 Å². The van der Waals surface area contributed by atoms with Crippen LogP contribution in [0.25, 0.3) is 0 Å². The summed E-state index contributed by atoms with van der Waals surface area (Å²) < 4.78 is 32.8. The first-order chi connectivity index (χ1) is 14.7. The molecule has 0 radical (unpaired) electrons. The van der Waals surface area contributed by atoms with E-state index in [1.165, 1.54) is 4.90 Å². The SMILES string of the molecule is Cc1cc(C(=O)N2CCN(C(=O)[C@@H](NC(=O)c3c(F)cccc3F)C(C)C)CC2)on1. The van der Waals surface area contributed by atoms with Gasteiger partial charge in [-0.25, -0.2) is 8.78 Å². The van der Waals surface area contributed by atoms with Crippen LogP contribution in [0.15, 0.2) is 28.8 Å². The van der Waals surface area contributed by atoms with Gasteiger partial charge in [-0.15, -0.1) is 0 Å². The van der Waals surface area contributed by atoms with Gasteiger partial charge in [-0.05, 0) is 25.0 Å². The molecule has 1 aliphatic heterocycles. The Balaban J connectivity index is 1.64. The third kappa shape index (κ3) is 4.89. The minimum atomic E-state index is -0.998. The smallest absolute Gasteiger partial charge is 0.292 e. The minimum Gasteiger partial charge on any atom is -0.351 e. The molecule has 166 valence electrons. The average molecular weight is 434 g/mol. The highest BCUT2D eigenvalue weighted by atomic mass is 19.1. The third-order valence-electron chi connectivity index (χ3n) is 5.13. The number of halogens is 2. The van der Waals surface area contributed by atoms with E-state index in [0.717, 1.165) is 18.2 Å². The number of rotatable bonds is 5. The Labute approximate surface area is 178 Å². The maximum Gasteiger partial charge on any atom is 0.292 e. The first-order valence-corrected chi connectivity index (χ1v) is 9.95. The molecule has 1 aromatic carbocycles. The van der Waals surface area contributed by atoms with Crippen molar-refractivity contribution in [3.8, 4) is 0 Å². The minimum absolute atomic E-state index is 0.136. The highest BCUT2D eigenvalue weighted by molar-refractivity contribution is 5.98. The molecule has 1 aliphatic rings. The molecule has 8 nitrogen and oxygen atoms in total. The van der Waals surface area contributed by atoms with Gasteiger partial charge in [0.25, 0.3) is 11.8 Å². The fraction of sp³-hybridized carbons (Fsp3) is 0.429. The van der Waals surface area contributed by atoms with Gasteiger partial charge in [0, 0.05) is 32.2 Å². The van der Waals surface area contributed by atoms with Gasteiger partial charge in [0.05, 0.1) is 5.69 Å². The Morgan fingerprint density at radius 1 is 1.06 bits per heavy atom. The first kappa shape index (κ1) is 22.4. The number of hydrogen-bond donors (Lipinski definition) is 1. The molecule has 1 N–H and O–H groups in total. The van der Waals surface area contributed by atoms with E-state index in [-0.39, 0.29) is 49.7 Å². The monoisotopic (exact) mass is 434 g/mol. The lowest BCUT2D eigenvalue weighted by Crippen LogP contribution is -2.57. The molecular weight excluding hydrogens is 410 g/mol. The number of piperazine rings is 1. The van der Waals surface area contributed by atoms with Crippen molar-refractivity contribution in [3.63, 3.8) is 0 Å². The normalized spacial score (nSPS) is 15.2. The lowest BCUT2D eigenvalue weighted by atomic mass is 10.0. The number of carbonyl (C=O) groups excluding carboxylic acids is 3. The van der Waals surface area contributed by atoms with E-state index in [9.17, 15) is 23.2 Å². The molecular formula is C21H24F2N4O4. The lowest BCUT2D eigenvalue weighted by Gasteiger charge is -2.37. The van der Waals surface area contributed by atoms with Gasteiger partial charge in [0.2, 0.25) is 11.7 Å². The van der Waals surface area contributed by atoms with Crippen molar-refractivity contribution < 1.29 is 27.7 Å². The van der Waals surface area contributed by atoms with E-state index < -0.39 is 29.1 Å². The van der Waals surface area contributed by atoms with Crippen molar-refractivity contribution in [2.45, 2.75) is 26.8 Å². The Morgan fingerprint density at radius 2 is 1.65 bits per heavy atom. The first-order valence-electron chi connectivity index (χ1n) is 9.95. The number of aryl methyl sites for hydroxylation is 1. The van der Waals surface area contributed by atoms with E-state index in [2.05, 4.69) is 10.5 Å². The Kier molecular flexibility index (Phi) is 6.67. The van der Waals surface area contributed by atoms with Crippen LogP contribution >= 0.6 is 0 Å². The van der Waals surface area contributed by atoms with E-state index in [1.807, 2.05) is 0 Å². The van der Waals surface area contributed by atoms with Gasteiger partial charge in [-0.3, -0.25) is 14.4 Å². The van der Waals surface area contributed by atoms with Crippen LogP contribution in [0.1, 0.15) is 40.5 Å². The second-order valence-corrected chi connectivity index (χ2v) is 7.74. The van der Waals surface area contributed by atoms with Crippen LogP contribution in [0.3, 0.4) is 0 Å². The van der Waals surface area contributed by atoms with E-state index in [4.69, 9.17) is 4.52 Å². The molecule has 1 atom stereocenters. The zero-order valence-electron chi connectivity index (χ0n) is 17.5. The fourth-order valence-electron chi connectivity index (χ4n) is 3.39. The predicted molar refractivity (Wildman–Crippen MR) is 106 cm³/mol. The number of benzene rings is 1. The molecule has 1 saturated heterocycles. The lowest BCUT2D eigenvalue weighted by molar-refractivity contribution is -0.135. The van der Waals surface area contributed by atoms with Crippen molar-refractivity contribution in [1.29, 1.82) is 0 Å². The maximum atomic E-state index is 13.9. The fourth-order valence-corrected chi connectivity index (χ4v) is 3.39. The number of nitrogens with one attached hydrogen (secondary N) is 1. The molecule has 10 heteroatoms. The predicted octanol–water partition coefficient (Wildman–Crippen LogP) is 2.00. The summed E-state index contributed by atoms with van der Waals surface area (Å²) in [4.78, 5) is 41.0. The van der Waals surface area contributed by atoms with Crippen LogP contribution in [-0.4, -0.2) is 64.9 Å². The van der Waals surface area contributed by atoms with Gasteiger partial charge >= 0.3 is 0 Å². The molecule has 1 fully saturated rings. The Bertz CT molecular complexity index is 963. The number of amides is 3. The zero-order chi connectivity index (χ0) is 22.7. The van der Waals surface area contributed by atoms with Crippen LogP contribution in [0.2, 0.25) is 0 Å². The number of aromatic nitrogens is 1. The van der Waals surface area contributed by atoms with Crippen molar-refractivity contribution >= 4 is 17.7 Å². The maximum absolute atomic E-state index is 13.9. The summed E-state index contributed by atoms with van der Waals surface area (Å²) in [6.07, 6.45) is 0. The quantitative estimate of drug-likeness (QED) is 0.777. The standard InChI is InChI=1S/C21H24F2N4O4/c1-12(2)18(24-19(28)17-14(22)5-4-6-15(17)23)21(30)27-9-7-26(8-10-27)20(29)16-11-13(3)25-31-16/h4-6,11-12,18H,7-10H2,1-3H3,(H,24,28)/t18-/m0/s1. The zero-order valence-corrected chi connectivity index (χ0v) is 17.5. The summed E-state index contributed by atoms with van der Waals surface area (Å²) in [5, 5.41) is 6.16. The van der Waals surface area contributed by atoms with Gasteiger partial charge in [-0.1, -0.05) is 25.1 Å². The summed E-state index contributed by atoms with van der Waals surface area (Å²) in [5.74, 6) is -3.85. The Hall–Kier alpha value is -3.30. The van der Waals surface area contributed by atoms with Crippen LogP contribution in [0, 0.1) is 24.5 Å². The van der Waals surface area contributed by atoms with E-state index in [1.54, 1.807) is 31.7 Å². The second-order valence-electron chi connectivity index (χ2n) is 7.74. The number of nitrogens with zero attached hydrogens (tertiary/aromatic N) is 3. The summed E-state index contributed by atoms with van der Waals surface area (Å²) in [5.41, 5.74) is -0.127. The second kappa shape index (κ2) is 9.23. The van der Waals surface area contributed by atoms with Crippen molar-refractivity contribution in [2.75, 3.05) is 26.2 Å². The highest BCUT2D eigenvalue weighted by Crippen LogP contribution is 2.16. The molecule has 2 heterocycles. The van der Waals surface area contributed by atoms with Gasteiger partial charge < -0.3 is 19.6 Å². The number of carbonyl (C=O) groups is 3. The van der Waals surface area contributed by atoms with Gasteiger partial charge in [0.15, 0.2) is 0 Å². The summed E-state index contributed by atoms with van der Waals surface area (Å²) in [7, 11) is 0. The average Bonchev–Trinajstić information content (AvgIpc) is 3.17. The number of hydrogen-bond acceptors (Lipinski definition) is 5. The molecule has 31 heavy (non-hydrogen) atoms. The van der Waals surface area contributed by atoms with Gasteiger partial charge in [0.1, 0.15) is 23.2 Å². The molecule has 0 saturated carbocycles. The van der Waals surface area contributed by atoms with Crippen LogP contribution < -0.4 is 5.32 Å². The van der Waals surface area contributed by atoms with Crippen LogP contribution in [0.4, 0.5) is 8.78 Å². The largest absolute Gasteiger partial charge is 0.351 e.